The molecule has 0 aromatic carbocycles. The Morgan fingerprint density at radius 2 is 1.76 bits per heavy atom. The van der Waals surface area contributed by atoms with Crippen molar-refractivity contribution in [3.63, 3.8) is 0 Å². The van der Waals surface area contributed by atoms with Crippen LogP contribution in [0, 0.1) is 5.41 Å². The van der Waals surface area contributed by atoms with E-state index in [4.69, 9.17) is 0 Å². The minimum atomic E-state index is -2.87. The smallest absolute Gasteiger partial charge is 0.152 e. The Labute approximate surface area is 106 Å². The molecule has 0 amide bonds. The van der Waals surface area contributed by atoms with Crippen molar-refractivity contribution in [1.29, 1.82) is 0 Å². The van der Waals surface area contributed by atoms with Crippen LogP contribution in [-0.4, -0.2) is 32.0 Å². The lowest BCUT2D eigenvalue weighted by atomic mass is 9.67. The van der Waals surface area contributed by atoms with E-state index in [1.807, 2.05) is 0 Å². The molecule has 0 saturated heterocycles. The van der Waals surface area contributed by atoms with Crippen molar-refractivity contribution in [3.8, 4) is 0 Å². The van der Waals surface area contributed by atoms with E-state index in [1.54, 1.807) is 13.8 Å². The lowest BCUT2D eigenvalue weighted by Gasteiger charge is -2.43. The molecule has 0 aromatic heterocycles. The first-order chi connectivity index (χ1) is 7.77. The first-order valence-corrected chi connectivity index (χ1v) is 8.44. The van der Waals surface area contributed by atoms with Gasteiger partial charge in [0.15, 0.2) is 9.84 Å². The largest absolute Gasteiger partial charge is 0.314 e. The summed E-state index contributed by atoms with van der Waals surface area (Å²) in [5.74, 6) is 0.352. The molecular formula is C13H27NO2S. The molecule has 1 N–H and O–H groups in total. The normalized spacial score (nSPS) is 19.6. The third-order valence-electron chi connectivity index (χ3n) is 3.93. The van der Waals surface area contributed by atoms with Crippen LogP contribution in [0.2, 0.25) is 0 Å². The molecule has 1 aliphatic carbocycles. The van der Waals surface area contributed by atoms with E-state index in [2.05, 4.69) is 19.2 Å². The van der Waals surface area contributed by atoms with Crippen LogP contribution in [0.15, 0.2) is 0 Å². The highest BCUT2D eigenvalue weighted by Crippen LogP contribution is 2.43. The fourth-order valence-corrected chi connectivity index (χ4v) is 3.40. The Balaban J connectivity index is 2.47. The van der Waals surface area contributed by atoms with Crippen molar-refractivity contribution in [2.45, 2.75) is 64.7 Å². The third-order valence-corrected chi connectivity index (χ3v) is 6.14. The van der Waals surface area contributed by atoms with Crippen molar-refractivity contribution in [2.24, 2.45) is 5.41 Å². The Kier molecular flexibility index (Phi) is 5.02. The fraction of sp³-hybridized carbons (Fsp3) is 1.00. The van der Waals surface area contributed by atoms with Crippen molar-refractivity contribution < 1.29 is 8.42 Å². The Morgan fingerprint density at radius 1 is 1.18 bits per heavy atom. The molecule has 1 saturated carbocycles. The molecule has 3 nitrogen and oxygen atoms in total. The summed E-state index contributed by atoms with van der Waals surface area (Å²) in [5, 5.41) is 3.22. The van der Waals surface area contributed by atoms with Gasteiger partial charge in [-0.15, -0.1) is 0 Å². The highest BCUT2D eigenvalue weighted by atomic mass is 32.2. The van der Waals surface area contributed by atoms with Gasteiger partial charge in [0, 0.05) is 12.6 Å². The molecule has 0 spiro atoms. The Bertz CT molecular complexity index is 329. The zero-order chi connectivity index (χ0) is 13.1. The molecule has 17 heavy (non-hydrogen) atoms. The molecule has 0 unspecified atom stereocenters. The number of rotatable bonds is 7. The van der Waals surface area contributed by atoms with Gasteiger partial charge < -0.3 is 5.32 Å². The molecular weight excluding hydrogens is 234 g/mol. The SMILES string of the molecule is CC(C)NCC1(CCS(=O)(=O)C(C)C)CCC1. The lowest BCUT2D eigenvalue weighted by Crippen LogP contribution is -2.43. The van der Waals surface area contributed by atoms with Crippen molar-refractivity contribution >= 4 is 9.84 Å². The van der Waals surface area contributed by atoms with E-state index in [9.17, 15) is 8.42 Å². The number of hydrogen-bond donors (Lipinski definition) is 1. The maximum atomic E-state index is 11.8. The quantitative estimate of drug-likeness (QED) is 0.765. The summed E-state index contributed by atoms with van der Waals surface area (Å²) in [7, 11) is -2.87. The van der Waals surface area contributed by atoms with E-state index in [0.717, 1.165) is 13.0 Å². The van der Waals surface area contributed by atoms with E-state index in [0.29, 0.717) is 11.8 Å². The molecule has 0 heterocycles. The Morgan fingerprint density at radius 3 is 2.12 bits per heavy atom. The summed E-state index contributed by atoms with van der Waals surface area (Å²) in [5.41, 5.74) is 0.256. The van der Waals surface area contributed by atoms with Crippen molar-refractivity contribution in [3.05, 3.63) is 0 Å². The van der Waals surface area contributed by atoms with Gasteiger partial charge in [0.1, 0.15) is 0 Å². The van der Waals surface area contributed by atoms with Crippen molar-refractivity contribution in [2.75, 3.05) is 12.3 Å². The van der Waals surface area contributed by atoms with Crippen molar-refractivity contribution in [1.82, 2.24) is 5.32 Å². The summed E-state index contributed by atoms with van der Waals surface area (Å²) < 4.78 is 23.7. The number of sulfone groups is 1. The average molecular weight is 261 g/mol. The van der Waals surface area contributed by atoms with Gasteiger partial charge in [-0.05, 0) is 38.5 Å². The molecule has 1 rings (SSSR count). The van der Waals surface area contributed by atoms with Gasteiger partial charge in [-0.25, -0.2) is 8.42 Å². The van der Waals surface area contributed by atoms with Gasteiger partial charge in [-0.3, -0.25) is 0 Å². The van der Waals surface area contributed by atoms with E-state index < -0.39 is 9.84 Å². The predicted octanol–water partition coefficient (Wildman–Crippen LogP) is 2.37. The van der Waals surface area contributed by atoms with Gasteiger partial charge in [0.05, 0.1) is 11.0 Å². The monoisotopic (exact) mass is 261 g/mol. The molecule has 0 radical (unpaired) electrons. The van der Waals surface area contributed by atoms with Gasteiger partial charge >= 0.3 is 0 Å². The summed E-state index contributed by atoms with van der Waals surface area (Å²) in [6, 6.07) is 0.481. The zero-order valence-corrected chi connectivity index (χ0v) is 12.4. The third kappa shape index (κ3) is 4.25. The second-order valence-electron chi connectivity index (χ2n) is 6.05. The molecule has 0 aliphatic heterocycles. The van der Waals surface area contributed by atoms with Crippen LogP contribution < -0.4 is 5.32 Å². The number of hydrogen-bond acceptors (Lipinski definition) is 3. The summed E-state index contributed by atoms with van der Waals surface area (Å²) in [6.07, 6.45) is 4.44. The first-order valence-electron chi connectivity index (χ1n) is 6.72. The average Bonchev–Trinajstić information content (AvgIpc) is 2.14. The fourth-order valence-electron chi connectivity index (χ4n) is 2.21. The molecule has 0 bridgehead atoms. The van der Waals surface area contributed by atoms with Crippen LogP contribution in [0.4, 0.5) is 0 Å². The summed E-state index contributed by atoms with van der Waals surface area (Å²) in [4.78, 5) is 0. The van der Waals surface area contributed by atoms with Gasteiger partial charge in [0.25, 0.3) is 0 Å². The van der Waals surface area contributed by atoms with E-state index >= 15 is 0 Å². The van der Waals surface area contributed by atoms with E-state index in [1.165, 1.54) is 19.3 Å². The van der Waals surface area contributed by atoms with E-state index in [-0.39, 0.29) is 10.7 Å². The van der Waals surface area contributed by atoms with Crippen LogP contribution in [-0.2, 0) is 9.84 Å². The maximum Gasteiger partial charge on any atom is 0.152 e. The van der Waals surface area contributed by atoms with Crippen LogP contribution in [0.1, 0.15) is 53.4 Å². The lowest BCUT2D eigenvalue weighted by molar-refractivity contribution is 0.122. The first kappa shape index (κ1) is 15.0. The molecule has 4 heteroatoms. The predicted molar refractivity (Wildman–Crippen MR) is 73.0 cm³/mol. The van der Waals surface area contributed by atoms with Gasteiger partial charge in [-0.2, -0.15) is 0 Å². The maximum absolute atomic E-state index is 11.8. The minimum absolute atomic E-state index is 0.238. The molecule has 1 fully saturated rings. The second-order valence-corrected chi connectivity index (χ2v) is 8.73. The molecule has 0 aromatic rings. The Hall–Kier alpha value is -0.0900. The van der Waals surface area contributed by atoms with Crippen LogP contribution >= 0.6 is 0 Å². The molecule has 1 aliphatic rings. The highest BCUT2D eigenvalue weighted by molar-refractivity contribution is 7.91. The van der Waals surface area contributed by atoms with Crippen LogP contribution in [0.5, 0.6) is 0 Å². The van der Waals surface area contributed by atoms with Gasteiger partial charge in [-0.1, -0.05) is 20.3 Å². The highest BCUT2D eigenvalue weighted by Gasteiger charge is 2.37. The van der Waals surface area contributed by atoms with Crippen LogP contribution in [0.25, 0.3) is 0 Å². The summed E-state index contributed by atoms with van der Waals surface area (Å²) >= 11 is 0. The second kappa shape index (κ2) is 5.70. The van der Waals surface area contributed by atoms with Crippen LogP contribution in [0.3, 0.4) is 0 Å². The van der Waals surface area contributed by atoms with Gasteiger partial charge in [0.2, 0.25) is 0 Å². The molecule has 0 atom stereocenters. The zero-order valence-electron chi connectivity index (χ0n) is 11.6. The molecule has 102 valence electrons. The minimum Gasteiger partial charge on any atom is -0.314 e. The topological polar surface area (TPSA) is 46.2 Å². The number of nitrogens with one attached hydrogen (secondary N) is 1. The standard InChI is InChI=1S/C13H27NO2S/c1-11(2)14-10-13(6-5-7-13)8-9-17(15,16)12(3)4/h11-12,14H,5-10H2,1-4H3. The summed E-state index contributed by atoms with van der Waals surface area (Å²) in [6.45, 7) is 8.79.